The maximum atomic E-state index is 14.0. The molecule has 3 aromatic rings. The molecule has 8 heteroatoms. The van der Waals surface area contributed by atoms with E-state index in [1.165, 1.54) is 6.07 Å². The molecule has 0 N–H and O–H groups in total. The summed E-state index contributed by atoms with van der Waals surface area (Å²) in [4.78, 5) is 8.81. The van der Waals surface area contributed by atoms with Crippen LogP contribution in [0.5, 0.6) is 0 Å². The number of hydrogen-bond acceptors (Lipinski definition) is 5. The molecule has 0 bridgehead atoms. The van der Waals surface area contributed by atoms with E-state index in [4.69, 9.17) is 16.1 Å². The highest BCUT2D eigenvalue weighted by Gasteiger charge is 2.16. The van der Waals surface area contributed by atoms with Gasteiger partial charge in [0.1, 0.15) is 29.4 Å². The molecule has 0 unspecified atom stereocenters. The summed E-state index contributed by atoms with van der Waals surface area (Å²) >= 11 is 5.92. The maximum absolute atomic E-state index is 14.0. The zero-order valence-corrected chi connectivity index (χ0v) is 15.7. The van der Waals surface area contributed by atoms with Crippen molar-refractivity contribution >= 4 is 11.6 Å². The summed E-state index contributed by atoms with van der Waals surface area (Å²) in [7, 11) is 0. The van der Waals surface area contributed by atoms with Crippen molar-refractivity contribution in [1.82, 2.24) is 24.9 Å². The van der Waals surface area contributed by atoms with Gasteiger partial charge in [-0.05, 0) is 24.3 Å². The van der Waals surface area contributed by atoms with Gasteiger partial charge in [0.2, 0.25) is 0 Å². The van der Waals surface area contributed by atoms with Crippen LogP contribution in [-0.2, 0) is 6.54 Å². The van der Waals surface area contributed by atoms with E-state index in [1.807, 2.05) is 18.2 Å². The van der Waals surface area contributed by atoms with E-state index in [2.05, 4.69) is 20.2 Å². The predicted molar refractivity (Wildman–Crippen MR) is 106 cm³/mol. The summed E-state index contributed by atoms with van der Waals surface area (Å²) in [5, 5.41) is 9.10. The van der Waals surface area contributed by atoms with E-state index in [1.54, 1.807) is 47.4 Å². The number of halogens is 2. The lowest BCUT2D eigenvalue weighted by Gasteiger charge is -2.03. The molecule has 0 spiro atoms. The fraction of sp³-hybridized carbons (Fsp3) is 0.0476. The predicted octanol–water partition coefficient (Wildman–Crippen LogP) is 4.94. The van der Waals surface area contributed by atoms with Crippen LogP contribution < -0.4 is 0 Å². The quantitative estimate of drug-likeness (QED) is 0.423. The number of nitrogens with zero attached hydrogens (tertiary/aromatic N) is 5. The Balaban J connectivity index is 1.41. The van der Waals surface area contributed by atoms with Gasteiger partial charge in [-0.1, -0.05) is 41.0 Å². The van der Waals surface area contributed by atoms with Crippen LogP contribution in [0.2, 0.25) is 5.02 Å². The second kappa shape index (κ2) is 7.10. The van der Waals surface area contributed by atoms with Gasteiger partial charge in [0.05, 0.1) is 18.0 Å². The van der Waals surface area contributed by atoms with Gasteiger partial charge in [0.25, 0.3) is 0 Å². The van der Waals surface area contributed by atoms with Crippen molar-refractivity contribution < 1.29 is 8.91 Å². The minimum atomic E-state index is -0.361. The van der Waals surface area contributed by atoms with Crippen LogP contribution in [0, 0.1) is 5.82 Å². The zero-order chi connectivity index (χ0) is 19.8. The third-order valence-electron chi connectivity index (χ3n) is 4.45. The molecule has 0 atom stereocenters. The fourth-order valence-corrected chi connectivity index (χ4v) is 3.14. The third-order valence-corrected chi connectivity index (χ3v) is 4.70. The summed E-state index contributed by atoms with van der Waals surface area (Å²) in [6.07, 6.45) is 3.35. The highest BCUT2D eigenvalue weighted by Crippen LogP contribution is 2.26. The van der Waals surface area contributed by atoms with Crippen LogP contribution in [0.15, 0.2) is 71.5 Å². The Labute approximate surface area is 169 Å². The maximum Gasteiger partial charge on any atom is 0.163 e. The van der Waals surface area contributed by atoms with Crippen LogP contribution in [0.3, 0.4) is 0 Å². The van der Waals surface area contributed by atoms with Crippen LogP contribution in [0.25, 0.3) is 34.0 Å². The molecule has 2 aromatic carbocycles. The molecular weight excluding hydrogens is 393 g/mol. The van der Waals surface area contributed by atoms with E-state index >= 15 is 0 Å². The Hall–Kier alpha value is -3.58. The van der Waals surface area contributed by atoms with Crippen LogP contribution in [0.1, 0.15) is 5.76 Å². The first kappa shape index (κ1) is 17.5. The van der Waals surface area contributed by atoms with Crippen LogP contribution in [0.4, 0.5) is 4.39 Å². The van der Waals surface area contributed by atoms with Crippen LogP contribution in [-0.4, -0.2) is 24.9 Å². The Morgan fingerprint density at radius 3 is 2.59 bits per heavy atom. The van der Waals surface area contributed by atoms with Gasteiger partial charge in [-0.2, -0.15) is 5.10 Å². The van der Waals surface area contributed by atoms with Crippen molar-refractivity contribution in [3.8, 4) is 34.0 Å². The molecule has 2 aliphatic rings. The van der Waals surface area contributed by atoms with E-state index < -0.39 is 0 Å². The smallest absolute Gasteiger partial charge is 0.163 e. The van der Waals surface area contributed by atoms with E-state index in [-0.39, 0.29) is 5.82 Å². The van der Waals surface area contributed by atoms with Crippen molar-refractivity contribution in [2.45, 2.75) is 6.54 Å². The first-order valence-electron chi connectivity index (χ1n) is 8.82. The van der Waals surface area contributed by atoms with Gasteiger partial charge in [0, 0.05) is 16.7 Å². The summed E-state index contributed by atoms with van der Waals surface area (Å²) in [5.41, 5.74) is 3.20. The lowest BCUT2D eigenvalue weighted by atomic mass is 10.1. The molecule has 1 aromatic heterocycles. The second-order valence-electron chi connectivity index (χ2n) is 6.45. The molecule has 0 aliphatic carbocycles. The Morgan fingerprint density at radius 1 is 0.966 bits per heavy atom. The molecule has 6 nitrogen and oxygen atoms in total. The molecule has 0 saturated heterocycles. The van der Waals surface area contributed by atoms with Crippen molar-refractivity contribution in [1.29, 1.82) is 0 Å². The number of imidazole rings is 1. The number of aromatic nitrogens is 5. The zero-order valence-electron chi connectivity index (χ0n) is 15.0. The minimum absolute atomic E-state index is 0.335. The molecule has 0 saturated carbocycles. The largest absolute Gasteiger partial charge is 0.359 e. The lowest BCUT2D eigenvalue weighted by molar-refractivity contribution is 0.372. The van der Waals surface area contributed by atoms with Crippen molar-refractivity contribution in [3.63, 3.8) is 0 Å². The first-order valence-corrected chi connectivity index (χ1v) is 9.20. The normalized spacial score (nSPS) is 11.2. The monoisotopic (exact) mass is 405 g/mol. The molecular formula is C21H13ClFN5O. The molecule has 3 heterocycles. The highest BCUT2D eigenvalue weighted by atomic mass is 35.5. The first-order chi connectivity index (χ1) is 14.2. The lowest BCUT2D eigenvalue weighted by Crippen LogP contribution is -2.04. The minimum Gasteiger partial charge on any atom is -0.359 e. The highest BCUT2D eigenvalue weighted by molar-refractivity contribution is 6.30. The van der Waals surface area contributed by atoms with Gasteiger partial charge < -0.3 is 4.52 Å². The number of benzene rings is 2. The topological polar surface area (TPSA) is 69.6 Å². The van der Waals surface area contributed by atoms with Crippen molar-refractivity contribution in [2.75, 3.05) is 0 Å². The van der Waals surface area contributed by atoms with E-state index in [0.717, 1.165) is 5.56 Å². The molecule has 2 aliphatic heterocycles. The Kier molecular flexibility index (Phi) is 4.29. The fourth-order valence-electron chi connectivity index (χ4n) is 3.01. The summed E-state index contributed by atoms with van der Waals surface area (Å²) in [5.74, 6) is 0.614. The van der Waals surface area contributed by atoms with Gasteiger partial charge in [0.15, 0.2) is 11.6 Å². The van der Waals surface area contributed by atoms with Crippen LogP contribution >= 0.6 is 11.6 Å². The van der Waals surface area contributed by atoms with E-state index in [9.17, 15) is 4.39 Å². The summed E-state index contributed by atoms with van der Waals surface area (Å²) < 4.78 is 21.1. The third kappa shape index (κ3) is 3.48. The standard InChI is InChI=1S/C21H13ClFN5O/c22-14-7-5-13(6-8-14)18-9-15(29-27-18)11-28-12-20-19(10-24-28)25-21(26-20)16-3-1-2-4-17(16)23/h1-10,12H,11H2. The second-order valence-corrected chi connectivity index (χ2v) is 6.89. The Bertz CT molecular complexity index is 1260. The molecule has 29 heavy (non-hydrogen) atoms. The number of hydrogen-bond donors (Lipinski definition) is 0. The van der Waals surface area contributed by atoms with Gasteiger partial charge in [-0.25, -0.2) is 14.4 Å². The van der Waals surface area contributed by atoms with Gasteiger partial charge >= 0.3 is 0 Å². The number of rotatable bonds is 4. The van der Waals surface area contributed by atoms with E-state index in [0.29, 0.717) is 45.8 Å². The van der Waals surface area contributed by atoms with Crippen molar-refractivity contribution in [3.05, 3.63) is 83.6 Å². The Morgan fingerprint density at radius 2 is 1.76 bits per heavy atom. The number of fused-ring (bicyclic) bond motifs is 1. The van der Waals surface area contributed by atoms with Crippen molar-refractivity contribution in [2.24, 2.45) is 0 Å². The van der Waals surface area contributed by atoms with Gasteiger partial charge in [-0.3, -0.25) is 4.68 Å². The summed E-state index contributed by atoms with van der Waals surface area (Å²) in [6.45, 7) is 0.373. The average Bonchev–Trinajstić information content (AvgIpc) is 3.35. The average molecular weight is 406 g/mol. The van der Waals surface area contributed by atoms with Gasteiger partial charge in [-0.15, -0.1) is 0 Å². The molecule has 0 fully saturated rings. The summed E-state index contributed by atoms with van der Waals surface area (Å²) in [6, 6.07) is 15.6. The SMILES string of the molecule is Fc1ccccc1-c1nc2cnn(Cc3cc(-c4ccc(Cl)cc4)no3)cc-2n1. The molecule has 142 valence electrons. The molecule has 0 amide bonds. The molecule has 5 rings (SSSR count). The molecule has 0 radical (unpaired) electrons.